The molecule has 1 heterocycles. The summed E-state index contributed by atoms with van der Waals surface area (Å²) in [5, 5.41) is 4.57. The first-order chi connectivity index (χ1) is 13.8. The van der Waals surface area contributed by atoms with Gasteiger partial charge in [0.15, 0.2) is 15.0 Å². The van der Waals surface area contributed by atoms with Crippen molar-refractivity contribution in [2.24, 2.45) is 0 Å². The quantitative estimate of drug-likeness (QED) is 0.590. The molecule has 0 saturated carbocycles. The van der Waals surface area contributed by atoms with E-state index in [0.29, 0.717) is 17.3 Å². The van der Waals surface area contributed by atoms with Crippen molar-refractivity contribution in [3.05, 3.63) is 59.5 Å². The lowest BCUT2D eigenvalue weighted by atomic mass is 10.2. The van der Waals surface area contributed by atoms with Gasteiger partial charge in [-0.1, -0.05) is 0 Å². The standard InChI is InChI=1S/C21H22N2O4S2/c1-4-27-17-9-5-15(6-10-17)19-13-28-21(22-19)23-20(24)16-7-11-18(12-8-16)29(25,26)14(2)3/h5-14H,4H2,1-3H3,(H,22,23,24). The fraction of sp³-hybridized carbons (Fsp3) is 0.238. The summed E-state index contributed by atoms with van der Waals surface area (Å²) in [5.41, 5.74) is 2.05. The third-order valence-corrected chi connectivity index (χ3v) is 7.18. The Morgan fingerprint density at radius 1 is 1.10 bits per heavy atom. The molecule has 0 saturated heterocycles. The van der Waals surface area contributed by atoms with E-state index in [1.54, 1.807) is 13.8 Å². The molecule has 0 aliphatic heterocycles. The molecule has 3 rings (SSSR count). The van der Waals surface area contributed by atoms with E-state index in [9.17, 15) is 13.2 Å². The minimum Gasteiger partial charge on any atom is -0.494 e. The van der Waals surface area contributed by atoms with Crippen LogP contribution in [0.25, 0.3) is 11.3 Å². The number of nitrogens with zero attached hydrogens (tertiary/aromatic N) is 1. The highest BCUT2D eigenvalue weighted by atomic mass is 32.2. The molecule has 6 nitrogen and oxygen atoms in total. The molecule has 0 aliphatic carbocycles. The van der Waals surface area contributed by atoms with E-state index in [1.165, 1.54) is 35.6 Å². The maximum absolute atomic E-state index is 12.5. The summed E-state index contributed by atoms with van der Waals surface area (Å²) < 4.78 is 29.8. The van der Waals surface area contributed by atoms with Gasteiger partial charge < -0.3 is 4.74 Å². The van der Waals surface area contributed by atoms with E-state index >= 15 is 0 Å². The van der Waals surface area contributed by atoms with E-state index in [2.05, 4.69) is 10.3 Å². The number of aromatic nitrogens is 1. The maximum Gasteiger partial charge on any atom is 0.257 e. The van der Waals surface area contributed by atoms with Crippen molar-refractivity contribution in [3.63, 3.8) is 0 Å². The number of amides is 1. The highest BCUT2D eigenvalue weighted by Gasteiger charge is 2.19. The molecule has 0 aliphatic rings. The van der Waals surface area contributed by atoms with Gasteiger partial charge in [-0.3, -0.25) is 10.1 Å². The van der Waals surface area contributed by atoms with Crippen LogP contribution in [0.2, 0.25) is 0 Å². The molecule has 1 aromatic heterocycles. The van der Waals surface area contributed by atoms with Crippen molar-refractivity contribution in [1.82, 2.24) is 4.98 Å². The summed E-state index contributed by atoms with van der Waals surface area (Å²) in [6.45, 7) is 5.79. The summed E-state index contributed by atoms with van der Waals surface area (Å²) in [4.78, 5) is 17.1. The number of thiazole rings is 1. The van der Waals surface area contributed by atoms with Gasteiger partial charge in [0.1, 0.15) is 5.75 Å². The second-order valence-electron chi connectivity index (χ2n) is 6.57. The second kappa shape index (κ2) is 8.75. The predicted octanol–water partition coefficient (Wildman–Crippen LogP) is 4.64. The zero-order chi connectivity index (χ0) is 21.0. The van der Waals surface area contributed by atoms with Crippen LogP contribution >= 0.6 is 11.3 Å². The lowest BCUT2D eigenvalue weighted by molar-refractivity contribution is 0.102. The Morgan fingerprint density at radius 2 is 1.76 bits per heavy atom. The van der Waals surface area contributed by atoms with Crippen molar-refractivity contribution in [2.75, 3.05) is 11.9 Å². The summed E-state index contributed by atoms with van der Waals surface area (Å²) >= 11 is 1.32. The van der Waals surface area contributed by atoms with Crippen LogP contribution in [0, 0.1) is 0 Å². The van der Waals surface area contributed by atoms with Crippen LogP contribution in [0.5, 0.6) is 5.75 Å². The Kier molecular flexibility index (Phi) is 6.34. The number of benzene rings is 2. The zero-order valence-electron chi connectivity index (χ0n) is 16.4. The van der Waals surface area contributed by atoms with Crippen molar-refractivity contribution in [3.8, 4) is 17.0 Å². The first kappa shape index (κ1) is 21.0. The minimum absolute atomic E-state index is 0.205. The molecule has 152 valence electrons. The van der Waals surface area contributed by atoms with E-state index in [4.69, 9.17) is 4.74 Å². The van der Waals surface area contributed by atoms with Crippen molar-refractivity contribution >= 4 is 32.2 Å². The number of rotatable bonds is 7. The third-order valence-electron chi connectivity index (χ3n) is 4.25. The third kappa shape index (κ3) is 4.83. The van der Waals surface area contributed by atoms with Crippen LogP contribution in [0.3, 0.4) is 0 Å². The van der Waals surface area contributed by atoms with Crippen molar-refractivity contribution < 1.29 is 17.9 Å². The van der Waals surface area contributed by atoms with Crippen molar-refractivity contribution in [1.29, 1.82) is 0 Å². The molecular weight excluding hydrogens is 408 g/mol. The second-order valence-corrected chi connectivity index (χ2v) is 9.93. The van der Waals surface area contributed by atoms with Crippen LogP contribution in [0.1, 0.15) is 31.1 Å². The van der Waals surface area contributed by atoms with Crippen LogP contribution in [-0.2, 0) is 9.84 Å². The number of anilines is 1. The average molecular weight is 431 g/mol. The van der Waals surface area contributed by atoms with Gasteiger partial charge in [0.2, 0.25) is 0 Å². The topological polar surface area (TPSA) is 85.4 Å². The Balaban J connectivity index is 1.70. The fourth-order valence-electron chi connectivity index (χ4n) is 2.59. The normalized spacial score (nSPS) is 11.4. The van der Waals surface area contributed by atoms with Gasteiger partial charge in [-0.15, -0.1) is 11.3 Å². The Hall–Kier alpha value is -2.71. The lowest BCUT2D eigenvalue weighted by Crippen LogP contribution is -2.15. The molecule has 0 atom stereocenters. The van der Waals surface area contributed by atoms with Gasteiger partial charge in [0.05, 0.1) is 22.4 Å². The first-order valence-electron chi connectivity index (χ1n) is 9.15. The molecule has 3 aromatic rings. The Bertz CT molecular complexity index is 1090. The van der Waals surface area contributed by atoms with Gasteiger partial charge >= 0.3 is 0 Å². The molecule has 0 radical (unpaired) electrons. The molecular formula is C21H22N2O4S2. The van der Waals surface area contributed by atoms with E-state index in [1.807, 2.05) is 36.6 Å². The number of sulfone groups is 1. The van der Waals surface area contributed by atoms with E-state index in [0.717, 1.165) is 17.0 Å². The molecule has 0 unspecified atom stereocenters. The van der Waals surface area contributed by atoms with Gasteiger partial charge in [0.25, 0.3) is 5.91 Å². The van der Waals surface area contributed by atoms with Crippen LogP contribution in [0.15, 0.2) is 58.8 Å². The summed E-state index contributed by atoms with van der Waals surface area (Å²) in [7, 11) is -3.36. The van der Waals surface area contributed by atoms with E-state index < -0.39 is 15.1 Å². The highest BCUT2D eigenvalue weighted by molar-refractivity contribution is 7.92. The molecule has 0 spiro atoms. The van der Waals surface area contributed by atoms with Gasteiger partial charge in [-0.2, -0.15) is 0 Å². The van der Waals surface area contributed by atoms with Gasteiger partial charge in [0, 0.05) is 16.5 Å². The number of carbonyl (C=O) groups is 1. The zero-order valence-corrected chi connectivity index (χ0v) is 18.0. The SMILES string of the molecule is CCOc1ccc(-c2csc(NC(=O)c3ccc(S(=O)(=O)C(C)C)cc3)n2)cc1. The molecule has 0 bridgehead atoms. The number of hydrogen-bond acceptors (Lipinski definition) is 6. The lowest BCUT2D eigenvalue weighted by Gasteiger charge is -2.08. The number of hydrogen-bond donors (Lipinski definition) is 1. The number of nitrogens with one attached hydrogen (secondary N) is 1. The summed E-state index contributed by atoms with van der Waals surface area (Å²) in [6.07, 6.45) is 0. The number of carbonyl (C=O) groups excluding carboxylic acids is 1. The van der Waals surface area contributed by atoms with Gasteiger partial charge in [-0.05, 0) is 69.3 Å². The first-order valence-corrected chi connectivity index (χ1v) is 11.6. The summed E-state index contributed by atoms with van der Waals surface area (Å²) in [5.74, 6) is 0.453. The smallest absolute Gasteiger partial charge is 0.257 e. The molecule has 2 aromatic carbocycles. The minimum atomic E-state index is -3.36. The molecule has 8 heteroatoms. The van der Waals surface area contributed by atoms with Crippen LogP contribution in [-0.4, -0.2) is 31.2 Å². The fourth-order valence-corrected chi connectivity index (χ4v) is 4.36. The molecule has 1 amide bonds. The molecule has 1 N–H and O–H groups in total. The molecule has 29 heavy (non-hydrogen) atoms. The average Bonchev–Trinajstić information content (AvgIpc) is 3.17. The Morgan fingerprint density at radius 3 is 2.34 bits per heavy atom. The summed E-state index contributed by atoms with van der Waals surface area (Å²) in [6, 6.07) is 13.5. The maximum atomic E-state index is 12.5. The van der Waals surface area contributed by atoms with Crippen molar-refractivity contribution in [2.45, 2.75) is 30.9 Å². The molecule has 0 fully saturated rings. The number of ether oxygens (including phenoxy) is 1. The predicted molar refractivity (Wildman–Crippen MR) is 115 cm³/mol. The van der Waals surface area contributed by atoms with Crippen LogP contribution in [0.4, 0.5) is 5.13 Å². The highest BCUT2D eigenvalue weighted by Crippen LogP contribution is 2.27. The largest absolute Gasteiger partial charge is 0.494 e. The Labute approximate surface area is 174 Å². The van der Waals surface area contributed by atoms with Gasteiger partial charge in [-0.25, -0.2) is 13.4 Å². The van der Waals surface area contributed by atoms with E-state index in [-0.39, 0.29) is 10.8 Å². The van der Waals surface area contributed by atoms with Crippen LogP contribution < -0.4 is 10.1 Å². The monoisotopic (exact) mass is 430 g/mol.